The van der Waals surface area contributed by atoms with Crippen LogP contribution < -0.4 is 5.32 Å². The van der Waals surface area contributed by atoms with E-state index in [0.29, 0.717) is 16.7 Å². The van der Waals surface area contributed by atoms with Gasteiger partial charge < -0.3 is 10.4 Å². The standard InChI is InChI=1S/C15H13BrF3NO/c16-13-7-12(15(17,18)19)4-5-14(13)20-8-10-2-1-3-11(6-10)9-21/h1-7,20-21H,8-9H2. The van der Waals surface area contributed by atoms with Gasteiger partial charge in [-0.15, -0.1) is 0 Å². The van der Waals surface area contributed by atoms with Crippen LogP contribution in [0, 0.1) is 0 Å². The summed E-state index contributed by atoms with van der Waals surface area (Å²) in [5.41, 5.74) is 1.62. The van der Waals surface area contributed by atoms with Crippen LogP contribution in [0.4, 0.5) is 18.9 Å². The Morgan fingerprint density at radius 3 is 2.38 bits per heavy atom. The third kappa shape index (κ3) is 4.22. The summed E-state index contributed by atoms with van der Waals surface area (Å²) in [4.78, 5) is 0. The number of aliphatic hydroxyl groups excluding tert-OH is 1. The van der Waals surface area contributed by atoms with Gasteiger partial charge in [0.1, 0.15) is 0 Å². The molecule has 0 heterocycles. The van der Waals surface area contributed by atoms with Crippen LogP contribution in [0.2, 0.25) is 0 Å². The molecule has 0 radical (unpaired) electrons. The van der Waals surface area contributed by atoms with Gasteiger partial charge in [0.2, 0.25) is 0 Å². The van der Waals surface area contributed by atoms with Crippen molar-refractivity contribution in [2.24, 2.45) is 0 Å². The first kappa shape index (κ1) is 15.9. The minimum absolute atomic E-state index is 0.0438. The predicted octanol–water partition coefficient (Wildman–Crippen LogP) is 4.57. The lowest BCUT2D eigenvalue weighted by molar-refractivity contribution is -0.137. The molecule has 0 amide bonds. The summed E-state index contributed by atoms with van der Waals surface area (Å²) < 4.78 is 38.1. The third-order valence-electron chi connectivity index (χ3n) is 2.95. The van der Waals surface area contributed by atoms with Gasteiger partial charge in [0.15, 0.2) is 0 Å². The third-order valence-corrected chi connectivity index (χ3v) is 3.61. The molecule has 0 aliphatic rings. The first-order valence-electron chi connectivity index (χ1n) is 6.19. The van der Waals surface area contributed by atoms with E-state index in [2.05, 4.69) is 21.2 Å². The molecule has 6 heteroatoms. The Morgan fingerprint density at radius 2 is 1.76 bits per heavy atom. The molecule has 0 saturated carbocycles. The minimum atomic E-state index is -4.35. The van der Waals surface area contributed by atoms with Gasteiger partial charge in [-0.1, -0.05) is 24.3 Å². The van der Waals surface area contributed by atoms with Crippen LogP contribution in [0.1, 0.15) is 16.7 Å². The first-order valence-corrected chi connectivity index (χ1v) is 6.99. The van der Waals surface area contributed by atoms with Gasteiger partial charge in [-0.25, -0.2) is 0 Å². The maximum Gasteiger partial charge on any atom is 0.416 e. The molecule has 2 rings (SSSR count). The molecule has 0 atom stereocenters. The van der Waals surface area contributed by atoms with Gasteiger partial charge in [0.05, 0.1) is 12.2 Å². The molecule has 0 saturated heterocycles. The summed E-state index contributed by atoms with van der Waals surface area (Å²) in [5.74, 6) is 0. The number of hydrogen-bond acceptors (Lipinski definition) is 2. The van der Waals surface area contributed by atoms with Crippen LogP contribution in [0.5, 0.6) is 0 Å². The Balaban J connectivity index is 2.10. The zero-order chi connectivity index (χ0) is 15.5. The number of nitrogens with one attached hydrogen (secondary N) is 1. The Morgan fingerprint density at radius 1 is 1.05 bits per heavy atom. The largest absolute Gasteiger partial charge is 0.416 e. The van der Waals surface area contributed by atoms with Gasteiger partial charge in [-0.05, 0) is 45.3 Å². The molecule has 112 valence electrons. The van der Waals surface area contributed by atoms with Crippen molar-refractivity contribution in [3.63, 3.8) is 0 Å². The lowest BCUT2D eigenvalue weighted by atomic mass is 10.1. The highest BCUT2D eigenvalue weighted by atomic mass is 79.9. The summed E-state index contributed by atoms with van der Waals surface area (Å²) in [7, 11) is 0. The molecule has 2 aromatic carbocycles. The Kier molecular flexibility index (Phi) is 4.90. The van der Waals surface area contributed by atoms with Crippen LogP contribution in [0.3, 0.4) is 0 Å². The van der Waals surface area contributed by atoms with Crippen molar-refractivity contribution < 1.29 is 18.3 Å². The zero-order valence-electron chi connectivity index (χ0n) is 10.9. The average Bonchev–Trinajstić information content (AvgIpc) is 2.45. The van der Waals surface area contributed by atoms with E-state index in [4.69, 9.17) is 5.11 Å². The van der Waals surface area contributed by atoms with Crippen molar-refractivity contribution >= 4 is 21.6 Å². The molecule has 0 aliphatic heterocycles. The first-order chi connectivity index (χ1) is 9.90. The van der Waals surface area contributed by atoms with Crippen LogP contribution in [-0.2, 0) is 19.3 Å². The fourth-order valence-corrected chi connectivity index (χ4v) is 2.39. The molecular weight excluding hydrogens is 347 g/mol. The Labute approximate surface area is 128 Å². The minimum Gasteiger partial charge on any atom is -0.392 e. The van der Waals surface area contributed by atoms with Gasteiger partial charge in [0, 0.05) is 16.7 Å². The second-order valence-electron chi connectivity index (χ2n) is 4.52. The monoisotopic (exact) mass is 359 g/mol. The molecule has 2 nitrogen and oxygen atoms in total. The van der Waals surface area contributed by atoms with E-state index < -0.39 is 11.7 Å². The van der Waals surface area contributed by atoms with Crippen LogP contribution >= 0.6 is 15.9 Å². The van der Waals surface area contributed by atoms with E-state index in [1.165, 1.54) is 6.07 Å². The summed E-state index contributed by atoms with van der Waals surface area (Å²) in [6.45, 7) is 0.412. The highest BCUT2D eigenvalue weighted by Crippen LogP contribution is 2.34. The van der Waals surface area contributed by atoms with Crippen molar-refractivity contribution in [3.8, 4) is 0 Å². The maximum atomic E-state index is 12.6. The van der Waals surface area contributed by atoms with Crippen molar-refractivity contribution in [1.82, 2.24) is 0 Å². The van der Waals surface area contributed by atoms with E-state index in [1.54, 1.807) is 6.07 Å². The molecule has 2 N–H and O–H groups in total. The van der Waals surface area contributed by atoms with Crippen LogP contribution in [-0.4, -0.2) is 5.11 Å². The van der Waals surface area contributed by atoms with Crippen molar-refractivity contribution in [2.45, 2.75) is 19.3 Å². The topological polar surface area (TPSA) is 32.3 Å². The molecule has 2 aromatic rings. The fraction of sp³-hybridized carbons (Fsp3) is 0.200. The van der Waals surface area contributed by atoms with Crippen LogP contribution in [0.15, 0.2) is 46.9 Å². The SMILES string of the molecule is OCc1cccc(CNc2ccc(C(F)(F)F)cc2Br)c1. The quantitative estimate of drug-likeness (QED) is 0.837. The smallest absolute Gasteiger partial charge is 0.392 e. The van der Waals surface area contributed by atoms with Crippen molar-refractivity contribution in [3.05, 3.63) is 63.6 Å². The number of anilines is 1. The second-order valence-corrected chi connectivity index (χ2v) is 5.38. The fourth-order valence-electron chi connectivity index (χ4n) is 1.87. The number of aliphatic hydroxyl groups is 1. The van der Waals surface area contributed by atoms with Crippen molar-refractivity contribution in [1.29, 1.82) is 0 Å². The molecule has 0 fully saturated rings. The van der Waals surface area contributed by atoms with Gasteiger partial charge in [-0.2, -0.15) is 13.2 Å². The molecule has 0 unspecified atom stereocenters. The van der Waals surface area contributed by atoms with E-state index in [1.807, 2.05) is 18.2 Å². The zero-order valence-corrected chi connectivity index (χ0v) is 12.5. The predicted molar refractivity (Wildman–Crippen MR) is 78.8 cm³/mol. The van der Waals surface area contributed by atoms with E-state index in [9.17, 15) is 13.2 Å². The highest BCUT2D eigenvalue weighted by molar-refractivity contribution is 9.10. The van der Waals surface area contributed by atoms with Gasteiger partial charge in [-0.3, -0.25) is 0 Å². The second kappa shape index (κ2) is 6.49. The number of rotatable bonds is 4. The molecule has 0 aliphatic carbocycles. The molecule has 0 aromatic heterocycles. The summed E-state index contributed by atoms with van der Waals surface area (Å²) in [6.07, 6.45) is -4.35. The molecule has 0 bridgehead atoms. The summed E-state index contributed by atoms with van der Waals surface area (Å²) in [6, 6.07) is 10.8. The molecular formula is C15H13BrF3NO. The van der Waals surface area contributed by atoms with Gasteiger partial charge in [0.25, 0.3) is 0 Å². The lowest BCUT2D eigenvalue weighted by Gasteiger charge is -2.12. The number of alkyl halides is 3. The summed E-state index contributed by atoms with van der Waals surface area (Å²) >= 11 is 3.14. The normalized spacial score (nSPS) is 11.5. The Bertz CT molecular complexity index is 629. The van der Waals surface area contributed by atoms with E-state index in [-0.39, 0.29) is 6.61 Å². The lowest BCUT2D eigenvalue weighted by Crippen LogP contribution is -2.06. The molecule has 21 heavy (non-hydrogen) atoms. The Hall–Kier alpha value is -1.53. The average molecular weight is 360 g/mol. The van der Waals surface area contributed by atoms with E-state index in [0.717, 1.165) is 23.3 Å². The van der Waals surface area contributed by atoms with Crippen molar-refractivity contribution in [2.75, 3.05) is 5.32 Å². The number of benzene rings is 2. The van der Waals surface area contributed by atoms with Gasteiger partial charge >= 0.3 is 6.18 Å². The highest BCUT2D eigenvalue weighted by Gasteiger charge is 2.30. The number of hydrogen-bond donors (Lipinski definition) is 2. The number of halogens is 4. The molecule has 0 spiro atoms. The van der Waals surface area contributed by atoms with E-state index >= 15 is 0 Å². The summed E-state index contributed by atoms with van der Waals surface area (Å²) in [5, 5.41) is 12.1. The maximum absolute atomic E-state index is 12.6. The van der Waals surface area contributed by atoms with Crippen LogP contribution in [0.25, 0.3) is 0 Å².